The van der Waals surface area contributed by atoms with Gasteiger partial charge in [-0.1, -0.05) is 36.4 Å². The van der Waals surface area contributed by atoms with Gasteiger partial charge < -0.3 is 11.5 Å². The van der Waals surface area contributed by atoms with Crippen LogP contribution >= 0.6 is 0 Å². The van der Waals surface area contributed by atoms with Crippen molar-refractivity contribution in [1.82, 2.24) is 0 Å². The van der Waals surface area contributed by atoms with Gasteiger partial charge in [0.15, 0.2) is 0 Å². The molecule has 4 N–H and O–H groups in total. The van der Waals surface area contributed by atoms with Gasteiger partial charge in [-0.15, -0.1) is 0 Å². The van der Waals surface area contributed by atoms with E-state index in [-0.39, 0.29) is 0 Å². The monoisotopic (exact) mass is 226 g/mol. The van der Waals surface area contributed by atoms with Crippen molar-refractivity contribution in [2.24, 2.45) is 5.73 Å². The van der Waals surface area contributed by atoms with Crippen LogP contribution in [-0.2, 0) is 19.4 Å². The summed E-state index contributed by atoms with van der Waals surface area (Å²) in [6.45, 7) is 0.609. The molecule has 0 bridgehead atoms. The van der Waals surface area contributed by atoms with Crippen molar-refractivity contribution in [1.29, 1.82) is 0 Å². The summed E-state index contributed by atoms with van der Waals surface area (Å²) in [7, 11) is 0. The van der Waals surface area contributed by atoms with Gasteiger partial charge in [0.1, 0.15) is 0 Å². The maximum Gasteiger partial charge on any atom is 0.0314 e. The second kappa shape index (κ2) is 5.51. The van der Waals surface area contributed by atoms with E-state index in [0.29, 0.717) is 6.54 Å². The van der Waals surface area contributed by atoms with Crippen LogP contribution in [0.2, 0.25) is 0 Å². The average molecular weight is 226 g/mol. The predicted molar refractivity (Wildman–Crippen MR) is 72.6 cm³/mol. The van der Waals surface area contributed by atoms with E-state index in [9.17, 15) is 0 Å². The molecule has 0 amide bonds. The minimum atomic E-state index is 0.609. The van der Waals surface area contributed by atoms with Gasteiger partial charge in [-0.25, -0.2) is 0 Å². The highest BCUT2D eigenvalue weighted by molar-refractivity contribution is 5.39. The molecule has 0 aliphatic rings. The smallest absolute Gasteiger partial charge is 0.0314 e. The normalized spacial score (nSPS) is 10.4. The van der Waals surface area contributed by atoms with Gasteiger partial charge in [-0.2, -0.15) is 0 Å². The maximum absolute atomic E-state index is 5.65. The Kier molecular flexibility index (Phi) is 3.78. The topological polar surface area (TPSA) is 52.0 Å². The van der Waals surface area contributed by atoms with Gasteiger partial charge >= 0.3 is 0 Å². The summed E-state index contributed by atoms with van der Waals surface area (Å²) in [5, 5.41) is 0. The lowest BCUT2D eigenvalue weighted by Gasteiger charge is -2.04. The van der Waals surface area contributed by atoms with Crippen LogP contribution in [0.3, 0.4) is 0 Å². The highest BCUT2D eigenvalue weighted by Crippen LogP contribution is 2.10. The van der Waals surface area contributed by atoms with Crippen LogP contribution in [0.1, 0.15) is 16.7 Å². The minimum Gasteiger partial charge on any atom is -0.399 e. The molecule has 17 heavy (non-hydrogen) atoms. The fraction of sp³-hybridized carbons (Fsp3) is 0.200. The van der Waals surface area contributed by atoms with Crippen LogP contribution in [0, 0.1) is 0 Å². The molecule has 2 aromatic rings. The number of hydrogen-bond acceptors (Lipinski definition) is 2. The lowest BCUT2D eigenvalue weighted by Crippen LogP contribution is -1.97. The third-order valence-corrected chi connectivity index (χ3v) is 2.94. The summed E-state index contributed by atoms with van der Waals surface area (Å²) in [6, 6.07) is 16.6. The number of rotatable bonds is 4. The number of aryl methyl sites for hydroxylation is 2. The third kappa shape index (κ3) is 3.33. The van der Waals surface area contributed by atoms with Gasteiger partial charge in [-0.3, -0.25) is 0 Å². The summed E-state index contributed by atoms with van der Waals surface area (Å²) >= 11 is 0. The molecule has 0 spiro atoms. The van der Waals surface area contributed by atoms with E-state index in [1.165, 1.54) is 16.7 Å². The van der Waals surface area contributed by atoms with Crippen LogP contribution in [0.25, 0.3) is 0 Å². The van der Waals surface area contributed by atoms with E-state index >= 15 is 0 Å². The first-order valence-electron chi connectivity index (χ1n) is 5.90. The van der Waals surface area contributed by atoms with Crippen molar-refractivity contribution >= 4 is 5.69 Å². The molecule has 0 unspecified atom stereocenters. The molecule has 0 aliphatic carbocycles. The summed E-state index contributed by atoms with van der Waals surface area (Å²) in [5.74, 6) is 0. The van der Waals surface area contributed by atoms with Gasteiger partial charge in [-0.05, 0) is 41.7 Å². The molecule has 0 fully saturated rings. The number of benzene rings is 2. The van der Waals surface area contributed by atoms with E-state index in [1.54, 1.807) is 0 Å². The zero-order chi connectivity index (χ0) is 12.1. The molecule has 2 rings (SSSR count). The van der Waals surface area contributed by atoms with Crippen LogP contribution in [0.15, 0.2) is 48.5 Å². The fourth-order valence-corrected chi connectivity index (χ4v) is 1.81. The highest BCUT2D eigenvalue weighted by atomic mass is 14.5. The van der Waals surface area contributed by atoms with Crippen molar-refractivity contribution in [3.63, 3.8) is 0 Å². The quantitative estimate of drug-likeness (QED) is 0.787. The summed E-state index contributed by atoms with van der Waals surface area (Å²) in [5.41, 5.74) is 15.9. The first kappa shape index (κ1) is 11.7. The molecule has 0 heterocycles. The third-order valence-electron chi connectivity index (χ3n) is 2.94. The second-order valence-electron chi connectivity index (χ2n) is 4.26. The minimum absolute atomic E-state index is 0.609. The Morgan fingerprint density at radius 2 is 1.06 bits per heavy atom. The molecule has 0 saturated heterocycles. The Morgan fingerprint density at radius 1 is 0.647 bits per heavy atom. The number of anilines is 1. The van der Waals surface area contributed by atoms with Gasteiger partial charge in [0.05, 0.1) is 0 Å². The molecule has 2 heteroatoms. The van der Waals surface area contributed by atoms with E-state index in [4.69, 9.17) is 11.5 Å². The number of nitrogens with two attached hydrogens (primary N) is 2. The number of nitrogen functional groups attached to an aromatic ring is 1. The molecule has 0 atom stereocenters. The zero-order valence-electron chi connectivity index (χ0n) is 9.89. The summed E-state index contributed by atoms with van der Waals surface area (Å²) < 4.78 is 0. The Bertz CT molecular complexity index is 457. The summed E-state index contributed by atoms with van der Waals surface area (Å²) in [6.07, 6.45) is 2.09. The zero-order valence-corrected chi connectivity index (χ0v) is 9.89. The van der Waals surface area contributed by atoms with Crippen molar-refractivity contribution in [2.75, 3.05) is 5.73 Å². The van der Waals surface area contributed by atoms with Gasteiger partial charge in [0.2, 0.25) is 0 Å². The Labute approximate surface area is 102 Å². The van der Waals surface area contributed by atoms with Crippen LogP contribution < -0.4 is 11.5 Å². The molecular weight excluding hydrogens is 208 g/mol. The fourth-order valence-electron chi connectivity index (χ4n) is 1.81. The Balaban J connectivity index is 1.95. The van der Waals surface area contributed by atoms with Crippen LogP contribution in [0.4, 0.5) is 5.69 Å². The van der Waals surface area contributed by atoms with E-state index in [1.807, 2.05) is 12.1 Å². The van der Waals surface area contributed by atoms with Crippen molar-refractivity contribution in [3.8, 4) is 0 Å². The molecule has 88 valence electrons. The molecule has 0 radical (unpaired) electrons. The Morgan fingerprint density at radius 3 is 1.53 bits per heavy atom. The highest BCUT2D eigenvalue weighted by Gasteiger charge is 1.96. The first-order chi connectivity index (χ1) is 8.28. The van der Waals surface area contributed by atoms with Gasteiger partial charge in [0.25, 0.3) is 0 Å². The maximum atomic E-state index is 5.65. The SMILES string of the molecule is NCc1ccc(CCc2ccc(N)cc2)cc1. The molecular formula is C15H18N2. The first-order valence-corrected chi connectivity index (χ1v) is 5.90. The molecule has 2 nitrogen and oxygen atoms in total. The summed E-state index contributed by atoms with van der Waals surface area (Å²) in [4.78, 5) is 0. The van der Waals surface area contributed by atoms with E-state index in [2.05, 4.69) is 36.4 Å². The standard InChI is InChI=1S/C15H18N2/c16-11-14-5-3-12(4-6-14)1-2-13-7-9-15(17)10-8-13/h3-10H,1-2,11,16-17H2. The second-order valence-corrected chi connectivity index (χ2v) is 4.26. The lowest BCUT2D eigenvalue weighted by atomic mass is 10.0. The Hall–Kier alpha value is -1.80. The molecule has 0 aromatic heterocycles. The van der Waals surface area contributed by atoms with Gasteiger partial charge in [0, 0.05) is 12.2 Å². The lowest BCUT2D eigenvalue weighted by molar-refractivity contribution is 0.956. The van der Waals surface area contributed by atoms with Crippen LogP contribution in [0.5, 0.6) is 0 Å². The average Bonchev–Trinajstić information content (AvgIpc) is 2.39. The number of hydrogen-bond donors (Lipinski definition) is 2. The van der Waals surface area contributed by atoms with Crippen LogP contribution in [-0.4, -0.2) is 0 Å². The van der Waals surface area contributed by atoms with Crippen molar-refractivity contribution in [3.05, 3.63) is 65.2 Å². The largest absolute Gasteiger partial charge is 0.399 e. The van der Waals surface area contributed by atoms with Crippen molar-refractivity contribution in [2.45, 2.75) is 19.4 Å². The molecule has 0 saturated carbocycles. The van der Waals surface area contributed by atoms with Crippen molar-refractivity contribution < 1.29 is 0 Å². The molecule has 0 aliphatic heterocycles. The predicted octanol–water partition coefficient (Wildman–Crippen LogP) is 2.51. The van der Waals surface area contributed by atoms with E-state index < -0.39 is 0 Å². The van der Waals surface area contributed by atoms with E-state index in [0.717, 1.165) is 18.5 Å². The molecule has 2 aromatic carbocycles.